The highest BCUT2D eigenvalue weighted by Gasteiger charge is 2.28. The molecule has 5 heteroatoms. The third-order valence-corrected chi connectivity index (χ3v) is 5.43. The number of nitrogens with zero attached hydrogens (tertiary/aromatic N) is 1. The standard InChI is InChI=1S/C26H20N2O3/c29-26(27-14-6-5-7-18-12-13-25-24(15-18)28-17-31-25)30-16-23-21-10-3-1-8-19(21)20-9-2-4-11-22(20)23/h1-4,8-13,15,17,23H,6,14,16H2,(H,27,29). The number of benzene rings is 3. The van der Waals surface area contributed by atoms with Crippen molar-refractivity contribution < 1.29 is 13.9 Å². The lowest BCUT2D eigenvalue weighted by molar-refractivity contribution is 0.143. The quantitative estimate of drug-likeness (QED) is 0.377. The summed E-state index contributed by atoms with van der Waals surface area (Å²) in [7, 11) is 0. The maximum atomic E-state index is 12.2. The van der Waals surface area contributed by atoms with Crippen LogP contribution in [0.15, 0.2) is 77.5 Å². The number of nitrogens with one attached hydrogen (secondary N) is 1. The van der Waals surface area contributed by atoms with Gasteiger partial charge in [-0.25, -0.2) is 9.78 Å². The predicted molar refractivity (Wildman–Crippen MR) is 119 cm³/mol. The summed E-state index contributed by atoms with van der Waals surface area (Å²) in [6.07, 6.45) is 1.52. The third-order valence-electron chi connectivity index (χ3n) is 5.43. The van der Waals surface area contributed by atoms with Crippen molar-refractivity contribution in [2.24, 2.45) is 0 Å². The lowest BCUT2D eigenvalue weighted by Crippen LogP contribution is -2.26. The van der Waals surface area contributed by atoms with Crippen LogP contribution in [-0.2, 0) is 4.74 Å². The highest BCUT2D eigenvalue weighted by molar-refractivity contribution is 5.79. The molecule has 1 N–H and O–H groups in total. The minimum Gasteiger partial charge on any atom is -0.449 e. The summed E-state index contributed by atoms with van der Waals surface area (Å²) in [5.74, 6) is 6.19. The number of hydrogen-bond donors (Lipinski definition) is 1. The second-order valence-electron chi connectivity index (χ2n) is 7.34. The molecule has 152 valence electrons. The molecule has 0 aliphatic heterocycles. The number of fused-ring (bicyclic) bond motifs is 4. The van der Waals surface area contributed by atoms with E-state index < -0.39 is 6.09 Å². The van der Waals surface area contributed by atoms with Gasteiger partial charge in [-0.1, -0.05) is 60.4 Å². The molecule has 5 rings (SSSR count). The third kappa shape index (κ3) is 3.88. The Labute approximate surface area is 180 Å². The van der Waals surface area contributed by atoms with E-state index in [9.17, 15) is 4.79 Å². The van der Waals surface area contributed by atoms with Gasteiger partial charge >= 0.3 is 6.09 Å². The van der Waals surface area contributed by atoms with Gasteiger partial charge in [-0.05, 0) is 40.5 Å². The van der Waals surface area contributed by atoms with Crippen LogP contribution in [0.4, 0.5) is 4.79 Å². The maximum Gasteiger partial charge on any atom is 0.407 e. The van der Waals surface area contributed by atoms with Gasteiger partial charge in [0.15, 0.2) is 12.0 Å². The van der Waals surface area contributed by atoms with Crippen LogP contribution in [0.5, 0.6) is 0 Å². The smallest absolute Gasteiger partial charge is 0.407 e. The number of hydrogen-bond acceptors (Lipinski definition) is 4. The number of carbonyl (C=O) groups is 1. The summed E-state index contributed by atoms with van der Waals surface area (Å²) >= 11 is 0. The SMILES string of the molecule is O=C(NCCC#Cc1ccc2ocnc2c1)OCC1c2ccccc2-c2ccccc21. The highest BCUT2D eigenvalue weighted by Crippen LogP contribution is 2.44. The van der Waals surface area contributed by atoms with Crippen molar-refractivity contribution in [2.45, 2.75) is 12.3 Å². The number of ether oxygens (including phenoxy) is 1. The van der Waals surface area contributed by atoms with E-state index in [0.717, 1.165) is 16.7 Å². The van der Waals surface area contributed by atoms with E-state index >= 15 is 0 Å². The Kier molecular flexibility index (Phi) is 5.12. The second-order valence-corrected chi connectivity index (χ2v) is 7.34. The number of rotatable bonds is 4. The molecule has 3 aromatic carbocycles. The monoisotopic (exact) mass is 408 g/mol. The largest absolute Gasteiger partial charge is 0.449 e. The minimum absolute atomic E-state index is 0.0596. The van der Waals surface area contributed by atoms with Crippen LogP contribution < -0.4 is 5.32 Å². The summed E-state index contributed by atoms with van der Waals surface area (Å²) in [5.41, 5.74) is 7.21. The first-order chi connectivity index (χ1) is 15.3. The van der Waals surface area contributed by atoms with Crippen LogP contribution in [0.25, 0.3) is 22.2 Å². The van der Waals surface area contributed by atoms with Crippen LogP contribution in [-0.4, -0.2) is 24.2 Å². The topological polar surface area (TPSA) is 64.4 Å². The summed E-state index contributed by atoms with van der Waals surface area (Å²) in [4.78, 5) is 16.3. The molecule has 5 nitrogen and oxygen atoms in total. The van der Waals surface area contributed by atoms with Crippen LogP contribution in [0.3, 0.4) is 0 Å². The molecule has 0 bridgehead atoms. The predicted octanol–water partition coefficient (Wildman–Crippen LogP) is 5.11. The van der Waals surface area contributed by atoms with Gasteiger partial charge in [-0.15, -0.1) is 0 Å². The first-order valence-electron chi connectivity index (χ1n) is 10.2. The zero-order chi connectivity index (χ0) is 21.0. The summed E-state index contributed by atoms with van der Waals surface area (Å²) < 4.78 is 10.7. The molecule has 0 spiro atoms. The number of aromatic nitrogens is 1. The summed E-state index contributed by atoms with van der Waals surface area (Å²) in [6.45, 7) is 0.735. The number of carbonyl (C=O) groups excluding carboxylic acids is 1. The van der Waals surface area contributed by atoms with E-state index in [1.54, 1.807) is 0 Å². The zero-order valence-corrected chi connectivity index (χ0v) is 16.8. The Morgan fingerprint density at radius 3 is 2.55 bits per heavy atom. The van der Waals surface area contributed by atoms with Crippen molar-refractivity contribution in [2.75, 3.05) is 13.2 Å². The molecular formula is C26H20N2O3. The van der Waals surface area contributed by atoms with E-state index in [2.05, 4.69) is 46.4 Å². The lowest BCUT2D eigenvalue weighted by atomic mass is 9.98. The van der Waals surface area contributed by atoms with Crippen molar-refractivity contribution in [3.05, 3.63) is 89.8 Å². The minimum atomic E-state index is -0.423. The molecular weight excluding hydrogens is 388 g/mol. The van der Waals surface area contributed by atoms with Gasteiger partial charge in [0, 0.05) is 24.4 Å². The van der Waals surface area contributed by atoms with Gasteiger partial charge in [0.05, 0.1) is 0 Å². The van der Waals surface area contributed by atoms with Gasteiger partial charge in [0.25, 0.3) is 0 Å². The fourth-order valence-corrected chi connectivity index (χ4v) is 3.98. The first-order valence-corrected chi connectivity index (χ1v) is 10.2. The second kappa shape index (κ2) is 8.37. The lowest BCUT2D eigenvalue weighted by Gasteiger charge is -2.14. The molecule has 4 aromatic rings. The average molecular weight is 408 g/mol. The van der Waals surface area contributed by atoms with Gasteiger partial charge in [-0.2, -0.15) is 0 Å². The molecule has 1 aliphatic rings. The van der Waals surface area contributed by atoms with E-state index in [4.69, 9.17) is 9.15 Å². The molecule has 0 unspecified atom stereocenters. The van der Waals surface area contributed by atoms with E-state index in [-0.39, 0.29) is 5.92 Å². The number of alkyl carbamates (subject to hydrolysis) is 1. The molecule has 1 aromatic heterocycles. The first kappa shape index (κ1) is 19.0. The number of amides is 1. The van der Waals surface area contributed by atoms with Gasteiger partial charge in [-0.3, -0.25) is 0 Å². The normalized spacial score (nSPS) is 12.0. The molecule has 0 atom stereocenters. The number of oxazole rings is 1. The molecule has 0 fully saturated rings. The summed E-state index contributed by atoms with van der Waals surface area (Å²) in [6, 6.07) is 22.2. The molecule has 1 heterocycles. The Morgan fingerprint density at radius 2 is 1.77 bits per heavy atom. The molecule has 0 radical (unpaired) electrons. The van der Waals surface area contributed by atoms with Crippen molar-refractivity contribution in [3.63, 3.8) is 0 Å². The van der Waals surface area contributed by atoms with Gasteiger partial charge in [0.2, 0.25) is 0 Å². The van der Waals surface area contributed by atoms with E-state index in [0.29, 0.717) is 19.6 Å². The van der Waals surface area contributed by atoms with Crippen LogP contribution in [0.2, 0.25) is 0 Å². The van der Waals surface area contributed by atoms with Crippen LogP contribution in [0.1, 0.15) is 29.0 Å². The van der Waals surface area contributed by atoms with Gasteiger partial charge < -0.3 is 14.5 Å². The molecule has 0 saturated carbocycles. The zero-order valence-electron chi connectivity index (χ0n) is 16.8. The summed E-state index contributed by atoms with van der Waals surface area (Å²) in [5, 5.41) is 2.78. The maximum absolute atomic E-state index is 12.2. The van der Waals surface area contributed by atoms with Crippen molar-refractivity contribution in [3.8, 4) is 23.0 Å². The molecule has 1 aliphatic carbocycles. The Morgan fingerprint density at radius 1 is 1.03 bits per heavy atom. The van der Waals surface area contributed by atoms with Crippen molar-refractivity contribution >= 4 is 17.2 Å². The van der Waals surface area contributed by atoms with Crippen molar-refractivity contribution in [1.82, 2.24) is 10.3 Å². The molecule has 0 saturated heterocycles. The van der Waals surface area contributed by atoms with Crippen LogP contribution >= 0.6 is 0 Å². The van der Waals surface area contributed by atoms with Crippen molar-refractivity contribution in [1.29, 1.82) is 0 Å². The Balaban J connectivity index is 1.14. The van der Waals surface area contributed by atoms with E-state index in [1.165, 1.54) is 28.6 Å². The molecule has 31 heavy (non-hydrogen) atoms. The Hall–Kier alpha value is -4.04. The van der Waals surface area contributed by atoms with Crippen LogP contribution in [0, 0.1) is 11.8 Å². The van der Waals surface area contributed by atoms with E-state index in [1.807, 2.05) is 42.5 Å². The molecule has 1 amide bonds. The Bertz CT molecular complexity index is 1270. The highest BCUT2D eigenvalue weighted by atomic mass is 16.5. The van der Waals surface area contributed by atoms with Gasteiger partial charge in [0.1, 0.15) is 12.1 Å². The fourth-order valence-electron chi connectivity index (χ4n) is 3.98. The fraction of sp³-hybridized carbons (Fsp3) is 0.154. The average Bonchev–Trinajstić information content (AvgIpc) is 3.40.